The molecule has 142 valence electrons. The highest BCUT2D eigenvalue weighted by Crippen LogP contribution is 2.32. The van der Waals surface area contributed by atoms with Crippen molar-refractivity contribution in [2.75, 3.05) is 11.4 Å². The molecular weight excluding hydrogens is 369 g/mol. The second-order valence-electron chi connectivity index (χ2n) is 6.46. The molecule has 2 heterocycles. The predicted molar refractivity (Wildman–Crippen MR) is 104 cm³/mol. The van der Waals surface area contributed by atoms with Gasteiger partial charge in [0, 0.05) is 29.8 Å². The van der Waals surface area contributed by atoms with Crippen LogP contribution in [-0.4, -0.2) is 22.6 Å². The molecule has 1 unspecified atom stereocenters. The molecule has 2 aromatic rings. The van der Waals surface area contributed by atoms with Gasteiger partial charge in [0.15, 0.2) is 5.82 Å². The summed E-state index contributed by atoms with van der Waals surface area (Å²) in [6.45, 7) is 2.43. The van der Waals surface area contributed by atoms with Crippen molar-refractivity contribution >= 4 is 28.9 Å². The van der Waals surface area contributed by atoms with Gasteiger partial charge in [0.05, 0.1) is 10.7 Å². The number of allylic oxidation sites excluding steroid dienone is 2. The maximum absolute atomic E-state index is 13.6. The zero-order valence-electron chi connectivity index (χ0n) is 14.9. The molecule has 27 heavy (non-hydrogen) atoms. The van der Waals surface area contributed by atoms with E-state index in [1.165, 1.54) is 24.5 Å². The summed E-state index contributed by atoms with van der Waals surface area (Å²) >= 11 is 5.72. The van der Waals surface area contributed by atoms with Crippen LogP contribution in [-0.2, 0) is 11.2 Å². The van der Waals surface area contributed by atoms with Crippen LogP contribution in [0.5, 0.6) is 0 Å². The maximum atomic E-state index is 13.6. The van der Waals surface area contributed by atoms with E-state index in [2.05, 4.69) is 10.2 Å². The zero-order chi connectivity index (χ0) is 19.6. The number of aromatic nitrogens is 2. The summed E-state index contributed by atoms with van der Waals surface area (Å²) in [7, 11) is 0. The Kier molecular flexibility index (Phi) is 5.51. The summed E-state index contributed by atoms with van der Waals surface area (Å²) in [5.74, 6) is -0.152. The van der Waals surface area contributed by atoms with Crippen LogP contribution in [0.4, 0.5) is 10.2 Å². The molecule has 0 bridgehead atoms. The number of nitrogens with zero attached hydrogens (tertiary/aromatic N) is 2. The molecule has 1 atom stereocenters. The number of H-pyrrole nitrogens is 1. The Balaban J connectivity index is 1.79. The molecule has 0 saturated carbocycles. The number of carbonyl (C=O) groups is 1. The second-order valence-corrected chi connectivity index (χ2v) is 6.86. The summed E-state index contributed by atoms with van der Waals surface area (Å²) in [6.07, 6.45) is 5.61. The van der Waals surface area contributed by atoms with Gasteiger partial charge in [-0.05, 0) is 49.7 Å². The molecule has 0 aliphatic carbocycles. The average Bonchev–Trinajstić information content (AvgIpc) is 3.19. The molecule has 0 spiro atoms. The summed E-state index contributed by atoms with van der Waals surface area (Å²) in [4.78, 5) is 14.5. The van der Waals surface area contributed by atoms with Crippen LogP contribution in [0.1, 0.15) is 23.2 Å². The van der Waals surface area contributed by atoms with Gasteiger partial charge in [0.1, 0.15) is 5.82 Å². The van der Waals surface area contributed by atoms with Crippen LogP contribution in [0.25, 0.3) is 5.57 Å². The molecule has 1 saturated heterocycles. The molecule has 8 heteroatoms. The molecular formula is C19H21ClFN5O. The minimum Gasteiger partial charge on any atom is -0.405 e. The normalized spacial score (nSPS) is 18.0. The smallest absolute Gasteiger partial charge is 0.231 e. The third-order valence-electron chi connectivity index (χ3n) is 4.77. The number of halogens is 2. The van der Waals surface area contributed by atoms with Crippen molar-refractivity contribution in [3.8, 4) is 0 Å². The van der Waals surface area contributed by atoms with Crippen molar-refractivity contribution < 1.29 is 9.18 Å². The highest BCUT2D eigenvalue weighted by atomic mass is 35.5. The van der Waals surface area contributed by atoms with Gasteiger partial charge in [-0.3, -0.25) is 14.8 Å². The fraction of sp³-hybridized carbons (Fsp3) is 0.263. The first-order valence-corrected chi connectivity index (χ1v) is 8.94. The first kappa shape index (κ1) is 19.0. The molecule has 1 aromatic carbocycles. The Bertz CT molecular complexity index is 921. The number of carbonyl (C=O) groups excluding carboxylic acids is 1. The van der Waals surface area contributed by atoms with Crippen molar-refractivity contribution in [2.24, 2.45) is 17.4 Å². The van der Waals surface area contributed by atoms with E-state index in [1.54, 1.807) is 17.0 Å². The molecule has 3 rings (SSSR count). The number of anilines is 1. The topological polar surface area (TPSA) is 101 Å². The quantitative estimate of drug-likeness (QED) is 0.684. The van der Waals surface area contributed by atoms with Crippen molar-refractivity contribution in [3.63, 3.8) is 0 Å². The third-order valence-corrected chi connectivity index (χ3v) is 5.07. The van der Waals surface area contributed by atoms with Gasteiger partial charge in [-0.1, -0.05) is 17.7 Å². The number of nitrogens with two attached hydrogens (primary N) is 2. The van der Waals surface area contributed by atoms with Crippen LogP contribution in [0, 0.1) is 18.7 Å². The standard InChI is InChI=1S/C19H21ClFN5O/c1-11-17(14(10-23)4-6-22)24-25-18(11)26-7-5-13(19(26)27)8-12-2-3-15(20)16(21)9-12/h2-4,6,9-10,13H,5,7-8,22-23H2,1H3,(H,24,25)/b6-4-,14-10+. The van der Waals surface area contributed by atoms with Gasteiger partial charge >= 0.3 is 0 Å². The molecule has 1 aliphatic heterocycles. The summed E-state index contributed by atoms with van der Waals surface area (Å²) in [5.41, 5.74) is 14.1. The molecule has 6 nitrogen and oxygen atoms in total. The van der Waals surface area contributed by atoms with Crippen molar-refractivity contribution in [3.05, 3.63) is 64.3 Å². The van der Waals surface area contributed by atoms with Crippen LogP contribution < -0.4 is 16.4 Å². The van der Waals surface area contributed by atoms with Crippen molar-refractivity contribution in [2.45, 2.75) is 19.8 Å². The van der Waals surface area contributed by atoms with E-state index in [0.717, 1.165) is 11.1 Å². The Morgan fingerprint density at radius 1 is 1.48 bits per heavy atom. The monoisotopic (exact) mass is 389 g/mol. The highest BCUT2D eigenvalue weighted by Gasteiger charge is 2.35. The average molecular weight is 390 g/mol. The van der Waals surface area contributed by atoms with E-state index < -0.39 is 5.82 Å². The Hall–Kier alpha value is -2.80. The van der Waals surface area contributed by atoms with Gasteiger partial charge in [0.25, 0.3) is 0 Å². The minimum atomic E-state index is -0.474. The van der Waals surface area contributed by atoms with E-state index in [4.69, 9.17) is 23.1 Å². The molecule has 1 aromatic heterocycles. The lowest BCUT2D eigenvalue weighted by Crippen LogP contribution is -2.28. The highest BCUT2D eigenvalue weighted by molar-refractivity contribution is 6.30. The Morgan fingerprint density at radius 3 is 2.93 bits per heavy atom. The predicted octanol–water partition coefficient (Wildman–Crippen LogP) is 2.88. The fourth-order valence-corrected chi connectivity index (χ4v) is 3.47. The summed E-state index contributed by atoms with van der Waals surface area (Å²) in [5, 5.41) is 7.30. The van der Waals surface area contributed by atoms with Gasteiger partial charge in [-0.2, -0.15) is 5.10 Å². The first-order chi connectivity index (χ1) is 13.0. The Labute approximate surface area is 161 Å². The lowest BCUT2D eigenvalue weighted by atomic mass is 9.98. The number of hydrogen-bond donors (Lipinski definition) is 3. The Morgan fingerprint density at radius 2 is 2.26 bits per heavy atom. The van der Waals surface area contributed by atoms with E-state index in [0.29, 0.717) is 36.5 Å². The van der Waals surface area contributed by atoms with Crippen molar-refractivity contribution in [1.29, 1.82) is 0 Å². The molecule has 1 aliphatic rings. The van der Waals surface area contributed by atoms with Crippen LogP contribution >= 0.6 is 11.6 Å². The number of rotatable bonds is 5. The first-order valence-electron chi connectivity index (χ1n) is 8.57. The van der Waals surface area contributed by atoms with E-state index in [9.17, 15) is 9.18 Å². The van der Waals surface area contributed by atoms with Crippen LogP contribution in [0.2, 0.25) is 5.02 Å². The number of aromatic amines is 1. The van der Waals surface area contributed by atoms with Crippen LogP contribution in [0.15, 0.2) is 36.7 Å². The maximum Gasteiger partial charge on any atom is 0.231 e. The number of benzene rings is 1. The molecule has 5 N–H and O–H groups in total. The number of hydrogen-bond acceptors (Lipinski definition) is 4. The van der Waals surface area contributed by atoms with Gasteiger partial charge in [-0.25, -0.2) is 4.39 Å². The van der Waals surface area contributed by atoms with Gasteiger partial charge in [-0.15, -0.1) is 0 Å². The van der Waals surface area contributed by atoms with Gasteiger partial charge < -0.3 is 11.5 Å². The number of amides is 1. The third kappa shape index (κ3) is 3.68. The van der Waals surface area contributed by atoms with Gasteiger partial charge in [0.2, 0.25) is 5.91 Å². The number of nitrogens with one attached hydrogen (secondary N) is 1. The SMILES string of the molecule is Cc1c(N2CCC(Cc3ccc(Cl)c(F)c3)C2=O)n[nH]c1C(/C=C\N)=C/N. The van der Waals surface area contributed by atoms with E-state index >= 15 is 0 Å². The second kappa shape index (κ2) is 7.84. The zero-order valence-corrected chi connectivity index (χ0v) is 15.6. The molecule has 1 amide bonds. The molecule has 1 fully saturated rings. The lowest BCUT2D eigenvalue weighted by molar-refractivity contribution is -0.120. The molecule has 0 radical (unpaired) electrons. The lowest BCUT2D eigenvalue weighted by Gasteiger charge is -2.15. The van der Waals surface area contributed by atoms with Crippen LogP contribution in [0.3, 0.4) is 0 Å². The fourth-order valence-electron chi connectivity index (χ4n) is 3.35. The summed E-state index contributed by atoms with van der Waals surface area (Å²) in [6, 6.07) is 4.64. The van der Waals surface area contributed by atoms with E-state index in [1.807, 2.05) is 6.92 Å². The minimum absolute atomic E-state index is 0.0286. The van der Waals surface area contributed by atoms with Crippen molar-refractivity contribution in [1.82, 2.24) is 10.2 Å². The largest absolute Gasteiger partial charge is 0.405 e. The van der Waals surface area contributed by atoms with E-state index in [-0.39, 0.29) is 16.8 Å². The summed E-state index contributed by atoms with van der Waals surface area (Å²) < 4.78 is 13.6.